The number of carbonyl (C=O) groups excluding carboxylic acids is 1. The molecule has 0 bridgehead atoms. The molecule has 2 aliphatic heterocycles. The number of piperazine rings is 1. The molecule has 0 radical (unpaired) electrons. The van der Waals surface area contributed by atoms with Crippen LogP contribution < -0.4 is 21.8 Å². The van der Waals surface area contributed by atoms with Crippen LogP contribution in [0.5, 0.6) is 0 Å². The van der Waals surface area contributed by atoms with Gasteiger partial charge in [0, 0.05) is 51.0 Å². The average molecular weight is 437 g/mol. The summed E-state index contributed by atoms with van der Waals surface area (Å²) in [7, 11) is 1.89. The maximum Gasteiger partial charge on any atom is 0.216 e. The van der Waals surface area contributed by atoms with Crippen LogP contribution in [-0.4, -0.2) is 67.7 Å². The molecule has 31 heavy (non-hydrogen) atoms. The number of halogens is 2. The first kappa shape index (κ1) is 22.7. The monoisotopic (exact) mass is 437 g/mol. The summed E-state index contributed by atoms with van der Waals surface area (Å²) in [5, 5.41) is 10.3. The molecule has 3 unspecified atom stereocenters. The molecule has 0 aromatic heterocycles. The van der Waals surface area contributed by atoms with Gasteiger partial charge in [0.15, 0.2) is 0 Å². The number of hydrogen-bond acceptors (Lipinski definition) is 7. The maximum atomic E-state index is 15.1. The summed E-state index contributed by atoms with van der Waals surface area (Å²) in [6.45, 7) is 5.22. The lowest BCUT2D eigenvalue weighted by Gasteiger charge is -2.41. The van der Waals surface area contributed by atoms with Gasteiger partial charge in [0.1, 0.15) is 35.3 Å². The van der Waals surface area contributed by atoms with Crippen molar-refractivity contribution in [3.05, 3.63) is 29.3 Å². The standard InChI is InChI=1S/C20H29F2N7O2/c1-11(9-25-12(2)30)18-8-16(27-31-18)13-6-14(21)19(15(22)7-13)29-5-4-28(3)10-17(29)20(23)26-24/h6-7,11,17-18H,4-5,8-10,24H2,1-3H3,(H2,23,26)(H,25,30). The summed E-state index contributed by atoms with van der Waals surface area (Å²) in [5.74, 6) is 3.86. The molecule has 9 nitrogen and oxygen atoms in total. The molecule has 11 heteroatoms. The lowest BCUT2D eigenvalue weighted by Crippen LogP contribution is -2.58. The minimum Gasteiger partial charge on any atom is -0.391 e. The predicted octanol–water partition coefficient (Wildman–Crippen LogP) is 0.581. The Morgan fingerprint density at radius 2 is 2.06 bits per heavy atom. The molecule has 1 aromatic rings. The van der Waals surface area contributed by atoms with E-state index in [-0.39, 0.29) is 29.5 Å². The lowest BCUT2D eigenvalue weighted by molar-refractivity contribution is -0.119. The van der Waals surface area contributed by atoms with Crippen LogP contribution in [0.2, 0.25) is 0 Å². The van der Waals surface area contributed by atoms with Crippen molar-refractivity contribution in [1.29, 1.82) is 0 Å². The van der Waals surface area contributed by atoms with Crippen molar-refractivity contribution in [2.75, 3.05) is 38.1 Å². The van der Waals surface area contributed by atoms with E-state index in [0.717, 1.165) is 0 Å². The van der Waals surface area contributed by atoms with Crippen molar-refractivity contribution < 1.29 is 18.4 Å². The Hall–Kier alpha value is -2.95. The highest BCUT2D eigenvalue weighted by atomic mass is 19.1. The number of anilines is 1. The van der Waals surface area contributed by atoms with Gasteiger partial charge in [-0.15, -0.1) is 0 Å². The van der Waals surface area contributed by atoms with Crippen LogP contribution in [0.4, 0.5) is 14.5 Å². The van der Waals surface area contributed by atoms with Crippen LogP contribution in [-0.2, 0) is 9.63 Å². The summed E-state index contributed by atoms with van der Waals surface area (Å²) in [6, 6.07) is 1.98. The van der Waals surface area contributed by atoms with E-state index in [2.05, 4.69) is 15.6 Å². The van der Waals surface area contributed by atoms with Crippen LogP contribution in [0.25, 0.3) is 0 Å². The van der Waals surface area contributed by atoms with E-state index in [1.165, 1.54) is 19.1 Å². The van der Waals surface area contributed by atoms with Crippen LogP contribution in [0.15, 0.2) is 22.4 Å². The number of rotatable bonds is 6. The Labute approximate surface area is 180 Å². The summed E-state index contributed by atoms with van der Waals surface area (Å²) in [4.78, 5) is 20.1. The van der Waals surface area contributed by atoms with E-state index in [1.807, 2.05) is 18.9 Å². The van der Waals surface area contributed by atoms with Crippen molar-refractivity contribution in [2.24, 2.45) is 27.8 Å². The van der Waals surface area contributed by atoms with Crippen LogP contribution in [0.3, 0.4) is 0 Å². The quantitative estimate of drug-likeness (QED) is 0.259. The molecule has 0 spiro atoms. The van der Waals surface area contributed by atoms with Gasteiger partial charge in [-0.2, -0.15) is 5.10 Å². The van der Waals surface area contributed by atoms with Gasteiger partial charge in [0.05, 0.1) is 5.71 Å². The number of amidine groups is 1. The molecule has 3 atom stereocenters. The van der Waals surface area contributed by atoms with Crippen molar-refractivity contribution in [3.8, 4) is 0 Å². The van der Waals surface area contributed by atoms with E-state index in [4.69, 9.17) is 16.4 Å². The molecule has 0 aliphatic carbocycles. The van der Waals surface area contributed by atoms with Crippen LogP contribution >= 0.6 is 0 Å². The summed E-state index contributed by atoms with van der Waals surface area (Å²) >= 11 is 0. The van der Waals surface area contributed by atoms with Crippen LogP contribution in [0, 0.1) is 17.6 Å². The first-order chi connectivity index (χ1) is 14.7. The van der Waals surface area contributed by atoms with Gasteiger partial charge in [-0.3, -0.25) is 4.79 Å². The van der Waals surface area contributed by atoms with Crippen molar-refractivity contribution in [2.45, 2.75) is 32.4 Å². The molecular weight excluding hydrogens is 408 g/mol. The number of oxime groups is 1. The van der Waals surface area contributed by atoms with Crippen molar-refractivity contribution >= 4 is 23.1 Å². The minimum absolute atomic E-state index is 0.0104. The topological polar surface area (TPSA) is 122 Å². The fourth-order valence-electron chi connectivity index (χ4n) is 3.84. The molecule has 1 saturated heterocycles. The average Bonchev–Trinajstić information content (AvgIpc) is 3.22. The number of hydrazone groups is 1. The van der Waals surface area contributed by atoms with E-state index >= 15 is 8.78 Å². The van der Waals surface area contributed by atoms with E-state index < -0.39 is 17.7 Å². The molecule has 2 heterocycles. The number of nitrogens with two attached hydrogens (primary N) is 2. The van der Waals surface area contributed by atoms with Gasteiger partial charge in [-0.25, -0.2) is 8.78 Å². The molecule has 170 valence electrons. The van der Waals surface area contributed by atoms with Crippen molar-refractivity contribution in [3.63, 3.8) is 0 Å². The minimum atomic E-state index is -0.716. The Bertz CT molecular complexity index is 869. The normalized spacial score (nSPS) is 23.3. The zero-order valence-corrected chi connectivity index (χ0v) is 17.9. The zero-order chi connectivity index (χ0) is 22.7. The van der Waals surface area contributed by atoms with E-state index in [1.54, 1.807) is 4.90 Å². The number of likely N-dealkylation sites (N-methyl/N-ethyl adjacent to an activating group) is 1. The smallest absolute Gasteiger partial charge is 0.216 e. The van der Waals surface area contributed by atoms with E-state index in [0.29, 0.717) is 43.9 Å². The Balaban J connectivity index is 1.79. The number of hydrogen-bond donors (Lipinski definition) is 3. The number of benzene rings is 1. The Kier molecular flexibility index (Phi) is 6.94. The molecule has 0 saturated carbocycles. The third-order valence-electron chi connectivity index (χ3n) is 5.71. The molecule has 2 aliphatic rings. The Morgan fingerprint density at radius 1 is 1.39 bits per heavy atom. The fourth-order valence-corrected chi connectivity index (χ4v) is 3.84. The van der Waals surface area contributed by atoms with Crippen molar-refractivity contribution in [1.82, 2.24) is 10.2 Å². The largest absolute Gasteiger partial charge is 0.391 e. The number of nitrogens with one attached hydrogen (secondary N) is 1. The number of amides is 1. The first-order valence-corrected chi connectivity index (χ1v) is 10.2. The highest BCUT2D eigenvalue weighted by Crippen LogP contribution is 2.30. The van der Waals surface area contributed by atoms with Crippen LogP contribution in [0.1, 0.15) is 25.8 Å². The van der Waals surface area contributed by atoms with Gasteiger partial charge in [-0.05, 0) is 19.2 Å². The molecule has 3 rings (SSSR count). The number of nitrogens with zero attached hydrogens (tertiary/aromatic N) is 4. The Morgan fingerprint density at radius 3 is 2.68 bits per heavy atom. The van der Waals surface area contributed by atoms with Gasteiger partial charge < -0.3 is 31.5 Å². The highest BCUT2D eigenvalue weighted by molar-refractivity contribution is 6.01. The zero-order valence-electron chi connectivity index (χ0n) is 17.9. The molecule has 1 amide bonds. The second kappa shape index (κ2) is 9.46. The van der Waals surface area contributed by atoms with Gasteiger partial charge in [-0.1, -0.05) is 12.1 Å². The SMILES string of the molecule is CC(=O)NCC(C)C1CC(c2cc(F)c(N3CCN(C)CC3/C(N)=N/N)c(F)c2)=NO1. The third kappa shape index (κ3) is 5.04. The van der Waals surface area contributed by atoms with Gasteiger partial charge >= 0.3 is 0 Å². The highest BCUT2D eigenvalue weighted by Gasteiger charge is 2.33. The summed E-state index contributed by atoms with van der Waals surface area (Å²) in [5.41, 5.74) is 6.52. The molecule has 1 fully saturated rings. The first-order valence-electron chi connectivity index (χ1n) is 10.2. The maximum absolute atomic E-state index is 15.1. The van der Waals surface area contributed by atoms with Gasteiger partial charge in [0.2, 0.25) is 5.91 Å². The predicted molar refractivity (Wildman–Crippen MR) is 115 cm³/mol. The van der Waals surface area contributed by atoms with Gasteiger partial charge in [0.25, 0.3) is 0 Å². The third-order valence-corrected chi connectivity index (χ3v) is 5.71. The summed E-state index contributed by atoms with van der Waals surface area (Å²) in [6.07, 6.45) is 0.110. The fraction of sp³-hybridized carbons (Fsp3) is 0.550. The molecule has 1 aromatic carbocycles. The molecular formula is C20H29F2N7O2. The molecule has 5 N–H and O–H groups in total. The second-order valence-electron chi connectivity index (χ2n) is 8.11. The lowest BCUT2D eigenvalue weighted by atomic mass is 9.96. The van der Waals surface area contributed by atoms with E-state index in [9.17, 15) is 4.79 Å². The number of carbonyl (C=O) groups is 1. The second-order valence-corrected chi connectivity index (χ2v) is 8.11. The summed E-state index contributed by atoms with van der Waals surface area (Å²) < 4.78 is 30.2.